The summed E-state index contributed by atoms with van der Waals surface area (Å²) >= 11 is 0. The molecular weight excluding hydrogens is 424 g/mol. The summed E-state index contributed by atoms with van der Waals surface area (Å²) in [4.78, 5) is 0. The number of epoxide rings is 1. The molecule has 7 rings (SSSR count). The fourth-order valence-corrected chi connectivity index (χ4v) is 4.94. The van der Waals surface area contributed by atoms with Crippen LogP contribution in [0.2, 0.25) is 0 Å². The standard InChI is InChI=1S/C28H24N4O2/c1-2-5-20-13-24-21(12-19(20)4-1)6-3-7-23(24)25-16-32(31-30-25)22-10-8-18(9-11-22)17-33-26-14-29-15-27-28(26)34-27/h1-13,16,26-29H,14-15,17H2/t26-,27-,28-/m1/s1. The van der Waals surface area contributed by atoms with Crippen LogP contribution in [-0.2, 0) is 16.1 Å². The van der Waals surface area contributed by atoms with Crippen molar-refractivity contribution in [3.63, 3.8) is 0 Å². The van der Waals surface area contributed by atoms with Crippen molar-refractivity contribution in [1.82, 2.24) is 20.3 Å². The lowest BCUT2D eigenvalue weighted by molar-refractivity contribution is 0.0211. The monoisotopic (exact) mass is 448 g/mol. The van der Waals surface area contributed by atoms with Crippen LogP contribution in [0.1, 0.15) is 5.56 Å². The van der Waals surface area contributed by atoms with Gasteiger partial charge in [0.2, 0.25) is 0 Å². The SMILES string of the molecule is c1ccc2cc3c(-c4cn(-c5ccc(CO[C@@H]6CNC[C@H]7O[C@H]67)cc5)nn4)cccc3cc2c1. The Morgan fingerprint density at radius 3 is 2.62 bits per heavy atom. The minimum atomic E-state index is 0.133. The second kappa shape index (κ2) is 8.02. The third-order valence-corrected chi connectivity index (χ3v) is 6.86. The molecule has 0 aliphatic carbocycles. The zero-order valence-electron chi connectivity index (χ0n) is 18.6. The Kier molecular flexibility index (Phi) is 4.68. The summed E-state index contributed by atoms with van der Waals surface area (Å²) in [7, 11) is 0. The fraction of sp³-hybridized carbons (Fsp3) is 0.214. The Morgan fingerprint density at radius 1 is 0.912 bits per heavy atom. The first-order chi connectivity index (χ1) is 16.8. The largest absolute Gasteiger partial charge is 0.369 e. The normalized spacial score (nSPS) is 21.6. The van der Waals surface area contributed by atoms with Crippen molar-refractivity contribution in [3.8, 4) is 16.9 Å². The average Bonchev–Trinajstić information content (AvgIpc) is 3.53. The maximum atomic E-state index is 6.08. The van der Waals surface area contributed by atoms with Gasteiger partial charge in [0, 0.05) is 18.7 Å². The Balaban J connectivity index is 1.13. The lowest BCUT2D eigenvalue weighted by atomic mass is 9.98. The van der Waals surface area contributed by atoms with Gasteiger partial charge >= 0.3 is 0 Å². The van der Waals surface area contributed by atoms with Crippen LogP contribution >= 0.6 is 0 Å². The van der Waals surface area contributed by atoms with Gasteiger partial charge in [-0.2, -0.15) is 0 Å². The van der Waals surface area contributed by atoms with Gasteiger partial charge in [-0.25, -0.2) is 4.68 Å². The number of nitrogens with one attached hydrogen (secondary N) is 1. The van der Waals surface area contributed by atoms with Crippen LogP contribution in [0.3, 0.4) is 0 Å². The van der Waals surface area contributed by atoms with E-state index in [4.69, 9.17) is 9.47 Å². The summed E-state index contributed by atoms with van der Waals surface area (Å²) < 4.78 is 13.5. The lowest BCUT2D eigenvalue weighted by Gasteiger charge is -2.20. The molecule has 0 bridgehead atoms. The zero-order chi connectivity index (χ0) is 22.5. The number of hydrogen-bond acceptors (Lipinski definition) is 5. The number of ether oxygens (including phenoxy) is 2. The molecule has 2 fully saturated rings. The molecule has 0 spiro atoms. The topological polar surface area (TPSA) is 64.5 Å². The van der Waals surface area contributed by atoms with E-state index in [-0.39, 0.29) is 12.2 Å². The highest BCUT2D eigenvalue weighted by molar-refractivity contribution is 6.04. The van der Waals surface area contributed by atoms with E-state index in [1.54, 1.807) is 0 Å². The van der Waals surface area contributed by atoms with E-state index in [0.717, 1.165) is 35.6 Å². The Hall–Kier alpha value is -3.58. The first kappa shape index (κ1) is 19.9. The minimum absolute atomic E-state index is 0.133. The first-order valence-electron chi connectivity index (χ1n) is 11.7. The molecule has 0 saturated carbocycles. The van der Waals surface area contributed by atoms with Gasteiger partial charge in [0.05, 0.1) is 30.7 Å². The third-order valence-electron chi connectivity index (χ3n) is 6.86. The van der Waals surface area contributed by atoms with Crippen LogP contribution in [0, 0.1) is 0 Å². The smallest absolute Gasteiger partial charge is 0.114 e. The van der Waals surface area contributed by atoms with Crippen molar-refractivity contribution in [3.05, 3.63) is 90.6 Å². The van der Waals surface area contributed by atoms with E-state index in [1.165, 1.54) is 21.5 Å². The van der Waals surface area contributed by atoms with Gasteiger partial charge in [-0.1, -0.05) is 59.8 Å². The van der Waals surface area contributed by atoms with Gasteiger partial charge < -0.3 is 14.8 Å². The van der Waals surface area contributed by atoms with E-state index in [2.05, 4.69) is 94.5 Å². The number of piperidine rings is 1. The van der Waals surface area contributed by atoms with Crippen molar-refractivity contribution < 1.29 is 9.47 Å². The van der Waals surface area contributed by atoms with Gasteiger partial charge in [0.1, 0.15) is 11.8 Å². The molecule has 4 aromatic carbocycles. The molecule has 5 aromatic rings. The summed E-state index contributed by atoms with van der Waals surface area (Å²) in [6.07, 6.45) is 2.73. The van der Waals surface area contributed by atoms with Crippen LogP contribution < -0.4 is 5.32 Å². The second-order valence-electron chi connectivity index (χ2n) is 9.09. The number of hydrogen-bond donors (Lipinski definition) is 1. The Labute approximate surface area is 197 Å². The summed E-state index contributed by atoms with van der Waals surface area (Å²) in [6, 6.07) is 27.5. The predicted molar refractivity (Wildman–Crippen MR) is 132 cm³/mol. The van der Waals surface area contributed by atoms with Crippen LogP contribution in [0.5, 0.6) is 0 Å². The predicted octanol–water partition coefficient (Wildman–Crippen LogP) is 4.50. The number of rotatable bonds is 5. The summed E-state index contributed by atoms with van der Waals surface area (Å²) in [5.74, 6) is 0. The molecule has 2 saturated heterocycles. The molecule has 168 valence electrons. The molecule has 2 aliphatic rings. The number of benzene rings is 4. The maximum Gasteiger partial charge on any atom is 0.114 e. The number of nitrogens with zero attached hydrogens (tertiary/aromatic N) is 3. The molecule has 3 heterocycles. The van der Waals surface area contributed by atoms with Crippen LogP contribution in [0.4, 0.5) is 0 Å². The van der Waals surface area contributed by atoms with Crippen molar-refractivity contribution in [1.29, 1.82) is 0 Å². The zero-order valence-corrected chi connectivity index (χ0v) is 18.6. The average molecular weight is 449 g/mol. The molecule has 0 unspecified atom stereocenters. The highest BCUT2D eigenvalue weighted by Crippen LogP contribution is 2.32. The molecule has 34 heavy (non-hydrogen) atoms. The minimum Gasteiger partial charge on any atom is -0.369 e. The first-order valence-corrected chi connectivity index (χ1v) is 11.7. The van der Waals surface area contributed by atoms with Crippen molar-refractivity contribution in [2.45, 2.75) is 24.9 Å². The number of aromatic nitrogens is 3. The molecular formula is C28H24N4O2. The van der Waals surface area contributed by atoms with Crippen LogP contribution in [0.15, 0.2) is 85.1 Å². The quantitative estimate of drug-likeness (QED) is 0.317. The van der Waals surface area contributed by atoms with Crippen LogP contribution in [-0.4, -0.2) is 46.4 Å². The molecule has 1 N–H and O–H groups in total. The van der Waals surface area contributed by atoms with Crippen LogP contribution in [0.25, 0.3) is 38.5 Å². The highest BCUT2D eigenvalue weighted by Gasteiger charge is 2.48. The van der Waals surface area contributed by atoms with E-state index in [1.807, 2.05) is 10.9 Å². The van der Waals surface area contributed by atoms with E-state index >= 15 is 0 Å². The van der Waals surface area contributed by atoms with Gasteiger partial charge in [-0.3, -0.25) is 0 Å². The molecule has 0 amide bonds. The molecule has 1 aromatic heterocycles. The molecule has 6 nitrogen and oxygen atoms in total. The van der Waals surface area contributed by atoms with Gasteiger partial charge in [-0.15, -0.1) is 5.10 Å². The van der Waals surface area contributed by atoms with Gasteiger partial charge in [-0.05, 0) is 51.4 Å². The molecule has 6 heteroatoms. The van der Waals surface area contributed by atoms with Crippen molar-refractivity contribution in [2.24, 2.45) is 0 Å². The van der Waals surface area contributed by atoms with Gasteiger partial charge in [0.15, 0.2) is 0 Å². The fourth-order valence-electron chi connectivity index (χ4n) is 4.94. The van der Waals surface area contributed by atoms with Crippen molar-refractivity contribution >= 4 is 21.5 Å². The lowest BCUT2D eigenvalue weighted by Crippen LogP contribution is -2.41. The van der Waals surface area contributed by atoms with E-state index in [0.29, 0.717) is 12.7 Å². The van der Waals surface area contributed by atoms with E-state index < -0.39 is 0 Å². The summed E-state index contributed by atoms with van der Waals surface area (Å²) in [5, 5.41) is 17.1. The summed E-state index contributed by atoms with van der Waals surface area (Å²) in [5.41, 5.74) is 4.05. The van der Waals surface area contributed by atoms with Crippen molar-refractivity contribution in [2.75, 3.05) is 13.1 Å². The van der Waals surface area contributed by atoms with E-state index in [9.17, 15) is 0 Å². The maximum absolute atomic E-state index is 6.08. The number of fused-ring (bicyclic) bond motifs is 3. The molecule has 2 aliphatic heterocycles. The Bertz CT molecular complexity index is 1490. The second-order valence-corrected chi connectivity index (χ2v) is 9.09. The molecule has 3 atom stereocenters. The Morgan fingerprint density at radius 2 is 1.74 bits per heavy atom. The highest BCUT2D eigenvalue weighted by atomic mass is 16.6. The van der Waals surface area contributed by atoms with Gasteiger partial charge in [0.25, 0.3) is 0 Å². The summed E-state index contributed by atoms with van der Waals surface area (Å²) in [6.45, 7) is 2.37. The molecule has 0 radical (unpaired) electrons. The third kappa shape index (κ3) is 3.56.